The van der Waals surface area contributed by atoms with E-state index in [0.29, 0.717) is 19.3 Å². The van der Waals surface area contributed by atoms with Crippen molar-refractivity contribution in [1.82, 2.24) is 4.90 Å². The molecular weight excluding hydrogens is 434 g/mol. The van der Waals surface area contributed by atoms with Crippen LogP contribution in [0, 0.1) is 5.92 Å². The highest BCUT2D eigenvalue weighted by atomic mass is 35.5. The fourth-order valence-electron chi connectivity index (χ4n) is 4.13. The molecule has 170 valence electrons. The predicted molar refractivity (Wildman–Crippen MR) is 118 cm³/mol. The molecule has 8 nitrogen and oxygen atoms in total. The van der Waals surface area contributed by atoms with E-state index in [1.54, 1.807) is 0 Å². The van der Waals surface area contributed by atoms with Crippen LogP contribution in [-0.2, 0) is 11.3 Å². The van der Waals surface area contributed by atoms with Crippen molar-refractivity contribution in [1.29, 1.82) is 0 Å². The molecule has 0 aliphatic carbocycles. The van der Waals surface area contributed by atoms with Crippen molar-refractivity contribution < 1.29 is 29.4 Å². The van der Waals surface area contributed by atoms with Crippen LogP contribution in [0.3, 0.4) is 0 Å². The molecule has 0 bridgehead atoms. The second-order valence-electron chi connectivity index (χ2n) is 7.81. The van der Waals surface area contributed by atoms with Crippen LogP contribution in [0.4, 0.5) is 0 Å². The number of benzene rings is 1. The van der Waals surface area contributed by atoms with Gasteiger partial charge in [0.2, 0.25) is 6.79 Å². The Kier molecular flexibility index (Phi) is 10.7. The van der Waals surface area contributed by atoms with Crippen LogP contribution in [0.5, 0.6) is 11.5 Å². The number of halogens is 2. The Hall–Kier alpha value is -1.23. The topological polar surface area (TPSA) is 125 Å². The van der Waals surface area contributed by atoms with Crippen LogP contribution in [0.15, 0.2) is 18.2 Å². The molecule has 2 aliphatic heterocycles. The van der Waals surface area contributed by atoms with Crippen molar-refractivity contribution in [2.75, 3.05) is 19.9 Å². The number of hydrogen-bond donors (Lipinski definition) is 4. The van der Waals surface area contributed by atoms with E-state index in [-0.39, 0.29) is 43.8 Å². The summed E-state index contributed by atoms with van der Waals surface area (Å²) in [5, 5.41) is 27.6. The van der Waals surface area contributed by atoms with E-state index in [1.165, 1.54) is 0 Å². The number of nitrogens with zero attached hydrogens (tertiary/aromatic N) is 1. The van der Waals surface area contributed by atoms with Gasteiger partial charge in [0.05, 0.1) is 0 Å². The molecular formula is C19H31BCl2N2O6. The van der Waals surface area contributed by atoms with Crippen molar-refractivity contribution in [3.63, 3.8) is 0 Å². The summed E-state index contributed by atoms with van der Waals surface area (Å²) < 4.78 is 10.8. The van der Waals surface area contributed by atoms with E-state index in [1.807, 2.05) is 18.2 Å². The molecule has 0 saturated carbocycles. The van der Waals surface area contributed by atoms with Crippen LogP contribution >= 0.6 is 24.8 Å². The number of ether oxygens (including phenoxy) is 2. The van der Waals surface area contributed by atoms with Gasteiger partial charge in [-0.25, -0.2) is 0 Å². The summed E-state index contributed by atoms with van der Waals surface area (Å²) in [6, 6.07) is 5.94. The summed E-state index contributed by atoms with van der Waals surface area (Å²) in [4.78, 5) is 14.2. The average molecular weight is 465 g/mol. The molecule has 2 aliphatic rings. The summed E-state index contributed by atoms with van der Waals surface area (Å²) >= 11 is 0. The Morgan fingerprint density at radius 1 is 1.17 bits per heavy atom. The molecule has 0 spiro atoms. The minimum absolute atomic E-state index is 0. The van der Waals surface area contributed by atoms with Crippen LogP contribution in [0.25, 0.3) is 0 Å². The monoisotopic (exact) mass is 464 g/mol. The molecule has 1 unspecified atom stereocenters. The van der Waals surface area contributed by atoms with Gasteiger partial charge in [0, 0.05) is 6.54 Å². The highest BCUT2D eigenvalue weighted by Crippen LogP contribution is 2.34. The van der Waals surface area contributed by atoms with Gasteiger partial charge in [-0.05, 0) is 62.3 Å². The normalized spacial score (nSPS) is 18.1. The van der Waals surface area contributed by atoms with Crippen molar-refractivity contribution in [2.45, 2.75) is 50.5 Å². The number of likely N-dealkylation sites (tertiary alicyclic amines) is 1. The molecule has 0 aromatic heterocycles. The molecule has 1 atom stereocenters. The number of nitrogens with two attached hydrogens (primary N) is 1. The van der Waals surface area contributed by atoms with Crippen LogP contribution < -0.4 is 15.2 Å². The van der Waals surface area contributed by atoms with E-state index in [2.05, 4.69) is 4.90 Å². The van der Waals surface area contributed by atoms with E-state index in [0.717, 1.165) is 49.5 Å². The van der Waals surface area contributed by atoms with Gasteiger partial charge in [0.1, 0.15) is 5.54 Å². The maximum atomic E-state index is 11.9. The number of carbonyl (C=O) groups is 1. The lowest BCUT2D eigenvalue weighted by Crippen LogP contribution is -2.56. The summed E-state index contributed by atoms with van der Waals surface area (Å²) in [5.74, 6) is 0.487. The van der Waals surface area contributed by atoms with Crippen molar-refractivity contribution >= 4 is 37.9 Å². The molecule has 1 aromatic carbocycles. The van der Waals surface area contributed by atoms with E-state index in [4.69, 9.17) is 25.3 Å². The SMILES string of the molecule is Cl.Cl.NC(CCCCB(O)O)(C(=O)O)C1CCN(Cc2ccc3c(c2)OCO3)CC1. The van der Waals surface area contributed by atoms with E-state index < -0.39 is 18.6 Å². The van der Waals surface area contributed by atoms with Crippen molar-refractivity contribution in [3.05, 3.63) is 23.8 Å². The Morgan fingerprint density at radius 2 is 1.83 bits per heavy atom. The summed E-state index contributed by atoms with van der Waals surface area (Å²) in [7, 11) is -1.35. The predicted octanol–water partition coefficient (Wildman–Crippen LogP) is 1.90. The number of fused-ring (bicyclic) bond motifs is 1. The van der Waals surface area contributed by atoms with Gasteiger partial charge in [0.25, 0.3) is 0 Å². The van der Waals surface area contributed by atoms with Crippen molar-refractivity contribution in [3.8, 4) is 11.5 Å². The smallest absolute Gasteiger partial charge is 0.451 e. The maximum absolute atomic E-state index is 11.9. The first-order valence-electron chi connectivity index (χ1n) is 9.88. The number of aliphatic carboxylic acids is 1. The highest BCUT2D eigenvalue weighted by molar-refractivity contribution is 6.40. The molecule has 3 rings (SSSR count). The van der Waals surface area contributed by atoms with Gasteiger partial charge in [-0.15, -0.1) is 24.8 Å². The third-order valence-electron chi connectivity index (χ3n) is 5.86. The maximum Gasteiger partial charge on any atom is 0.451 e. The Bertz CT molecular complexity index is 691. The summed E-state index contributed by atoms with van der Waals surface area (Å²) in [6.07, 6.45) is 3.17. The first-order chi connectivity index (χ1) is 13.4. The molecule has 0 radical (unpaired) electrons. The third kappa shape index (κ3) is 6.64. The minimum atomic E-state index is -1.35. The summed E-state index contributed by atoms with van der Waals surface area (Å²) in [6.45, 7) is 2.62. The van der Waals surface area contributed by atoms with Crippen LogP contribution in [-0.4, -0.2) is 58.6 Å². The highest BCUT2D eigenvalue weighted by Gasteiger charge is 2.42. The summed E-state index contributed by atoms with van der Waals surface area (Å²) in [5.41, 5.74) is 6.20. The third-order valence-corrected chi connectivity index (χ3v) is 5.86. The van der Waals surface area contributed by atoms with E-state index >= 15 is 0 Å². The van der Waals surface area contributed by atoms with Crippen LogP contribution in [0.1, 0.15) is 37.7 Å². The standard InChI is InChI=1S/C19H29BN2O6.2ClH/c21-19(18(23)24,7-1-2-8-20(25)26)15-5-9-22(10-6-15)12-14-3-4-16-17(11-14)28-13-27-16;;/h3-4,11,15,25-26H,1-2,5-10,12-13,21H2,(H,23,24);2*1H. The second-order valence-corrected chi connectivity index (χ2v) is 7.81. The molecule has 11 heteroatoms. The molecule has 5 N–H and O–H groups in total. The molecule has 1 aromatic rings. The first-order valence-corrected chi connectivity index (χ1v) is 9.88. The molecule has 0 amide bonds. The van der Waals surface area contributed by atoms with Gasteiger partial charge in [-0.3, -0.25) is 9.69 Å². The zero-order valence-electron chi connectivity index (χ0n) is 16.9. The average Bonchev–Trinajstić information content (AvgIpc) is 3.13. The largest absolute Gasteiger partial charge is 0.480 e. The van der Waals surface area contributed by atoms with Gasteiger partial charge in [-0.2, -0.15) is 0 Å². The number of hydrogen-bond acceptors (Lipinski definition) is 7. The molecule has 1 saturated heterocycles. The molecule has 30 heavy (non-hydrogen) atoms. The van der Waals surface area contributed by atoms with Gasteiger partial charge < -0.3 is 30.4 Å². The fraction of sp³-hybridized carbons (Fsp3) is 0.632. The van der Waals surface area contributed by atoms with Gasteiger partial charge in [-0.1, -0.05) is 18.9 Å². The fourth-order valence-corrected chi connectivity index (χ4v) is 4.13. The number of carboxylic acid groups (broad SMARTS) is 1. The molecule has 2 heterocycles. The van der Waals surface area contributed by atoms with Gasteiger partial charge in [0.15, 0.2) is 11.5 Å². The first kappa shape index (κ1) is 26.8. The minimum Gasteiger partial charge on any atom is -0.480 e. The zero-order chi connectivity index (χ0) is 20.1. The Balaban J connectivity index is 0.00000225. The lowest BCUT2D eigenvalue weighted by atomic mass is 9.74. The quantitative estimate of drug-likeness (QED) is 0.322. The Morgan fingerprint density at radius 3 is 2.47 bits per heavy atom. The number of rotatable bonds is 9. The second kappa shape index (κ2) is 12.0. The van der Waals surface area contributed by atoms with Crippen molar-refractivity contribution in [2.24, 2.45) is 11.7 Å². The van der Waals surface area contributed by atoms with Gasteiger partial charge >= 0.3 is 13.1 Å². The van der Waals surface area contributed by atoms with Crippen LogP contribution in [0.2, 0.25) is 6.32 Å². The van der Waals surface area contributed by atoms with E-state index in [9.17, 15) is 9.90 Å². The number of unbranched alkanes of at least 4 members (excludes halogenated alkanes) is 1. The number of piperidine rings is 1. The Labute approximate surface area is 189 Å². The lowest BCUT2D eigenvalue weighted by Gasteiger charge is -2.40. The lowest BCUT2D eigenvalue weighted by molar-refractivity contribution is -0.147. The molecule has 1 fully saturated rings. The zero-order valence-corrected chi connectivity index (χ0v) is 18.5. The number of carboxylic acids is 1.